The largest absolute Gasteiger partial charge is 0.352 e. The van der Waals surface area contributed by atoms with Crippen LogP contribution in [0, 0.1) is 22.7 Å². The molecule has 2 fully saturated rings. The first-order valence-electron chi connectivity index (χ1n) is 4.90. The Morgan fingerprint density at radius 2 is 2.23 bits per heavy atom. The van der Waals surface area contributed by atoms with Crippen molar-refractivity contribution in [1.29, 1.82) is 5.26 Å². The molecule has 0 heterocycles. The fraction of sp³-hybridized carbons (Fsp3) is 0.800. The van der Waals surface area contributed by atoms with Gasteiger partial charge < -0.3 is 5.32 Å². The molecule has 0 bridgehead atoms. The highest BCUT2D eigenvalue weighted by atomic mass is 16.2. The van der Waals surface area contributed by atoms with Crippen LogP contribution in [0.1, 0.15) is 32.6 Å². The lowest BCUT2D eigenvalue weighted by Crippen LogP contribution is -2.38. The maximum Gasteiger partial charge on any atom is 0.240 e. The predicted molar refractivity (Wildman–Crippen MR) is 47.6 cm³/mol. The smallest absolute Gasteiger partial charge is 0.240 e. The lowest BCUT2D eigenvalue weighted by molar-refractivity contribution is -0.125. The molecule has 0 spiro atoms. The molecule has 70 valence electrons. The summed E-state index contributed by atoms with van der Waals surface area (Å²) in [4.78, 5) is 11.6. The summed E-state index contributed by atoms with van der Waals surface area (Å²) in [6, 6.07) is 2.37. The molecule has 2 saturated carbocycles. The summed E-state index contributed by atoms with van der Waals surface area (Å²) in [5.41, 5.74) is -0.650. The summed E-state index contributed by atoms with van der Waals surface area (Å²) in [5.74, 6) is 0.618. The third kappa shape index (κ3) is 1.53. The Labute approximate surface area is 78.1 Å². The molecular weight excluding hydrogens is 164 g/mol. The lowest BCUT2D eigenvalue weighted by atomic mass is 10.1. The van der Waals surface area contributed by atoms with E-state index in [-0.39, 0.29) is 11.9 Å². The van der Waals surface area contributed by atoms with Crippen LogP contribution < -0.4 is 5.32 Å². The molecule has 2 aliphatic rings. The first-order chi connectivity index (χ1) is 6.18. The molecule has 0 radical (unpaired) electrons. The number of carbonyl (C=O) groups excluding carboxylic acids is 1. The molecule has 1 N–H and O–H groups in total. The van der Waals surface area contributed by atoms with Crippen LogP contribution in [0.4, 0.5) is 0 Å². The van der Waals surface area contributed by atoms with E-state index in [9.17, 15) is 4.79 Å². The molecule has 13 heavy (non-hydrogen) atoms. The van der Waals surface area contributed by atoms with Crippen molar-refractivity contribution in [2.45, 2.75) is 38.6 Å². The van der Waals surface area contributed by atoms with E-state index >= 15 is 0 Å². The fourth-order valence-corrected chi connectivity index (χ4v) is 1.57. The highest BCUT2D eigenvalue weighted by molar-refractivity contribution is 5.88. The number of nitrogens with one attached hydrogen (secondary N) is 1. The Balaban J connectivity index is 1.88. The molecule has 0 aromatic carbocycles. The summed E-state index contributed by atoms with van der Waals surface area (Å²) >= 11 is 0. The second kappa shape index (κ2) is 2.73. The summed E-state index contributed by atoms with van der Waals surface area (Å²) < 4.78 is 0. The molecule has 3 nitrogen and oxygen atoms in total. The fourth-order valence-electron chi connectivity index (χ4n) is 1.57. The number of rotatable bonds is 3. The standard InChI is InChI=1S/C10H14N2O/c1-7(8-2-3-8)12-9(13)10(6-11)4-5-10/h7-8H,2-5H2,1H3,(H,12,13). The van der Waals surface area contributed by atoms with Gasteiger partial charge in [0.25, 0.3) is 0 Å². The highest BCUT2D eigenvalue weighted by Crippen LogP contribution is 2.45. The predicted octanol–water partition coefficient (Wildman–Crippen LogP) is 1.20. The summed E-state index contributed by atoms with van der Waals surface area (Å²) in [6.45, 7) is 2.03. The van der Waals surface area contributed by atoms with Crippen LogP contribution in [-0.2, 0) is 4.79 Å². The van der Waals surface area contributed by atoms with Crippen LogP contribution >= 0.6 is 0 Å². The third-order valence-electron chi connectivity index (χ3n) is 3.09. The Kier molecular flexibility index (Phi) is 1.80. The molecule has 1 unspecified atom stereocenters. The second-order valence-electron chi connectivity index (χ2n) is 4.29. The number of nitriles is 1. The summed E-state index contributed by atoms with van der Waals surface area (Å²) in [7, 11) is 0. The van der Waals surface area contributed by atoms with Crippen molar-refractivity contribution in [1.82, 2.24) is 5.32 Å². The minimum atomic E-state index is -0.650. The van der Waals surface area contributed by atoms with E-state index in [4.69, 9.17) is 5.26 Å². The topological polar surface area (TPSA) is 52.9 Å². The van der Waals surface area contributed by atoms with Gasteiger partial charge in [-0.25, -0.2) is 0 Å². The van der Waals surface area contributed by atoms with Gasteiger partial charge in [-0.15, -0.1) is 0 Å². The number of carbonyl (C=O) groups is 1. The number of amides is 1. The Hall–Kier alpha value is -1.04. The quantitative estimate of drug-likeness (QED) is 0.706. The van der Waals surface area contributed by atoms with Crippen LogP contribution in [-0.4, -0.2) is 11.9 Å². The van der Waals surface area contributed by atoms with Gasteiger partial charge in [0, 0.05) is 6.04 Å². The van der Waals surface area contributed by atoms with Gasteiger partial charge in [-0.3, -0.25) is 4.79 Å². The number of hydrogen-bond acceptors (Lipinski definition) is 2. The first-order valence-corrected chi connectivity index (χ1v) is 4.90. The summed E-state index contributed by atoms with van der Waals surface area (Å²) in [5, 5.41) is 11.7. The molecule has 0 aromatic rings. The lowest BCUT2D eigenvalue weighted by Gasteiger charge is -2.14. The van der Waals surface area contributed by atoms with Gasteiger partial charge in [0.1, 0.15) is 5.41 Å². The van der Waals surface area contributed by atoms with Crippen LogP contribution in [0.25, 0.3) is 0 Å². The molecule has 0 saturated heterocycles. The number of nitrogens with zero attached hydrogens (tertiary/aromatic N) is 1. The molecule has 2 rings (SSSR count). The maximum absolute atomic E-state index is 11.6. The Bertz CT molecular complexity index is 271. The molecule has 0 aliphatic heterocycles. The highest BCUT2D eigenvalue weighted by Gasteiger charge is 2.51. The zero-order chi connectivity index (χ0) is 9.47. The van der Waals surface area contributed by atoms with Crippen LogP contribution in [0.15, 0.2) is 0 Å². The van der Waals surface area contributed by atoms with E-state index in [0.717, 1.165) is 12.8 Å². The van der Waals surface area contributed by atoms with Crippen molar-refractivity contribution < 1.29 is 4.79 Å². The van der Waals surface area contributed by atoms with Gasteiger partial charge in [0.05, 0.1) is 6.07 Å². The zero-order valence-corrected chi connectivity index (χ0v) is 7.84. The normalized spacial score (nSPS) is 25.8. The minimum absolute atomic E-state index is 0.0469. The van der Waals surface area contributed by atoms with Gasteiger partial charge in [-0.05, 0) is 38.5 Å². The monoisotopic (exact) mass is 178 g/mol. The van der Waals surface area contributed by atoms with Crippen molar-refractivity contribution in [3.8, 4) is 6.07 Å². The third-order valence-corrected chi connectivity index (χ3v) is 3.09. The van der Waals surface area contributed by atoms with E-state index in [1.807, 2.05) is 6.92 Å². The van der Waals surface area contributed by atoms with Crippen LogP contribution in [0.2, 0.25) is 0 Å². The van der Waals surface area contributed by atoms with Gasteiger partial charge in [0.2, 0.25) is 5.91 Å². The van der Waals surface area contributed by atoms with E-state index in [0.29, 0.717) is 5.92 Å². The first kappa shape index (κ1) is 8.55. The van der Waals surface area contributed by atoms with Crippen molar-refractivity contribution in [2.75, 3.05) is 0 Å². The Morgan fingerprint density at radius 3 is 2.62 bits per heavy atom. The van der Waals surface area contributed by atoms with Gasteiger partial charge in [-0.1, -0.05) is 0 Å². The van der Waals surface area contributed by atoms with Crippen molar-refractivity contribution in [3.63, 3.8) is 0 Å². The molecule has 2 aliphatic carbocycles. The molecule has 0 aromatic heterocycles. The van der Waals surface area contributed by atoms with E-state index in [1.165, 1.54) is 12.8 Å². The van der Waals surface area contributed by atoms with Gasteiger partial charge >= 0.3 is 0 Å². The van der Waals surface area contributed by atoms with Gasteiger partial charge in [-0.2, -0.15) is 5.26 Å². The van der Waals surface area contributed by atoms with Crippen molar-refractivity contribution >= 4 is 5.91 Å². The zero-order valence-electron chi connectivity index (χ0n) is 7.84. The Morgan fingerprint density at radius 1 is 1.62 bits per heavy atom. The van der Waals surface area contributed by atoms with E-state index < -0.39 is 5.41 Å². The second-order valence-corrected chi connectivity index (χ2v) is 4.29. The average Bonchev–Trinajstić information content (AvgIpc) is 2.99. The van der Waals surface area contributed by atoms with E-state index in [2.05, 4.69) is 11.4 Å². The molecule has 1 amide bonds. The van der Waals surface area contributed by atoms with Crippen LogP contribution in [0.5, 0.6) is 0 Å². The number of hydrogen-bond donors (Lipinski definition) is 1. The molecule has 1 atom stereocenters. The summed E-state index contributed by atoms with van der Waals surface area (Å²) in [6.07, 6.45) is 3.93. The molecular formula is C10H14N2O. The SMILES string of the molecule is CC(NC(=O)C1(C#N)CC1)C1CC1. The maximum atomic E-state index is 11.6. The van der Waals surface area contributed by atoms with E-state index in [1.54, 1.807) is 0 Å². The average molecular weight is 178 g/mol. The van der Waals surface area contributed by atoms with Gasteiger partial charge in [0.15, 0.2) is 0 Å². The minimum Gasteiger partial charge on any atom is -0.352 e. The van der Waals surface area contributed by atoms with Crippen molar-refractivity contribution in [3.05, 3.63) is 0 Å². The molecule has 3 heteroatoms. The van der Waals surface area contributed by atoms with Crippen LogP contribution in [0.3, 0.4) is 0 Å². The van der Waals surface area contributed by atoms with Crippen molar-refractivity contribution in [2.24, 2.45) is 11.3 Å².